The van der Waals surface area contributed by atoms with Crippen molar-refractivity contribution in [2.45, 2.75) is 6.18 Å². The Morgan fingerprint density at radius 1 is 1.18 bits per heavy atom. The van der Waals surface area contributed by atoms with Crippen molar-refractivity contribution in [1.82, 2.24) is 19.5 Å². The summed E-state index contributed by atoms with van der Waals surface area (Å²) in [5.74, 6) is -1.41. The van der Waals surface area contributed by atoms with Gasteiger partial charge < -0.3 is 10.4 Å². The van der Waals surface area contributed by atoms with Crippen molar-refractivity contribution < 1.29 is 18.3 Å². The zero-order valence-corrected chi connectivity index (χ0v) is 11.3. The molecule has 0 spiro atoms. The van der Waals surface area contributed by atoms with E-state index in [-0.39, 0.29) is 28.4 Å². The van der Waals surface area contributed by atoms with E-state index in [0.29, 0.717) is 0 Å². The molecule has 3 rings (SSSR count). The summed E-state index contributed by atoms with van der Waals surface area (Å²) >= 11 is 0. The van der Waals surface area contributed by atoms with Crippen LogP contribution in [0.4, 0.5) is 19.0 Å². The quantitative estimate of drug-likeness (QED) is 0.761. The molecule has 0 amide bonds. The second-order valence-electron chi connectivity index (χ2n) is 4.42. The van der Waals surface area contributed by atoms with E-state index in [0.717, 1.165) is 0 Å². The first-order chi connectivity index (χ1) is 10.4. The molecule has 1 aromatic carbocycles. The van der Waals surface area contributed by atoms with Gasteiger partial charge in [0.05, 0.1) is 5.69 Å². The molecule has 6 nitrogen and oxygen atoms in total. The standard InChI is InChI=1S/C13H10F3N5O/c1-17-10-9-11(20-12(19-10)13(14,15)16)21(6-18-9)7-4-2-3-5-8(7)22/h2-6,22H,1H3,(H,17,19,20). The minimum Gasteiger partial charge on any atom is -0.506 e. The Balaban J connectivity index is 2.32. The van der Waals surface area contributed by atoms with Crippen molar-refractivity contribution in [1.29, 1.82) is 0 Å². The third kappa shape index (κ3) is 2.20. The van der Waals surface area contributed by atoms with Gasteiger partial charge in [0.25, 0.3) is 0 Å². The number of hydrogen-bond acceptors (Lipinski definition) is 5. The fraction of sp³-hybridized carbons (Fsp3) is 0.154. The maximum atomic E-state index is 12.9. The van der Waals surface area contributed by atoms with Crippen LogP contribution in [0, 0.1) is 0 Å². The van der Waals surface area contributed by atoms with Crippen LogP contribution in [0.3, 0.4) is 0 Å². The van der Waals surface area contributed by atoms with Crippen LogP contribution in [0.25, 0.3) is 16.9 Å². The van der Waals surface area contributed by atoms with E-state index in [1.54, 1.807) is 18.2 Å². The number of phenolic OH excluding ortho intramolecular Hbond substituents is 1. The number of nitrogens with one attached hydrogen (secondary N) is 1. The summed E-state index contributed by atoms with van der Waals surface area (Å²) in [6.07, 6.45) is -3.40. The van der Waals surface area contributed by atoms with Crippen LogP contribution in [-0.4, -0.2) is 31.7 Å². The van der Waals surface area contributed by atoms with Crippen molar-refractivity contribution in [3.8, 4) is 11.4 Å². The molecular formula is C13H10F3N5O. The van der Waals surface area contributed by atoms with Gasteiger partial charge >= 0.3 is 6.18 Å². The van der Waals surface area contributed by atoms with E-state index in [2.05, 4.69) is 20.3 Å². The van der Waals surface area contributed by atoms with Crippen molar-refractivity contribution in [3.63, 3.8) is 0 Å². The van der Waals surface area contributed by atoms with Gasteiger partial charge in [0, 0.05) is 7.05 Å². The zero-order valence-electron chi connectivity index (χ0n) is 11.3. The number of aromatic nitrogens is 4. The maximum Gasteiger partial charge on any atom is 0.451 e. The highest BCUT2D eigenvalue weighted by atomic mass is 19.4. The maximum absolute atomic E-state index is 12.9. The number of rotatable bonds is 2. The highest BCUT2D eigenvalue weighted by Gasteiger charge is 2.36. The topological polar surface area (TPSA) is 75.9 Å². The zero-order chi connectivity index (χ0) is 15.9. The van der Waals surface area contributed by atoms with Gasteiger partial charge in [-0.25, -0.2) is 15.0 Å². The van der Waals surface area contributed by atoms with Crippen molar-refractivity contribution >= 4 is 17.0 Å². The molecule has 2 heterocycles. The van der Waals surface area contributed by atoms with Gasteiger partial charge in [-0.3, -0.25) is 4.57 Å². The highest BCUT2D eigenvalue weighted by molar-refractivity contribution is 5.84. The van der Waals surface area contributed by atoms with Gasteiger partial charge in [-0.05, 0) is 12.1 Å². The molecule has 2 N–H and O–H groups in total. The van der Waals surface area contributed by atoms with Gasteiger partial charge in [-0.2, -0.15) is 13.2 Å². The molecular weight excluding hydrogens is 299 g/mol. The third-order valence-electron chi connectivity index (χ3n) is 3.03. The average Bonchev–Trinajstić information content (AvgIpc) is 2.89. The lowest BCUT2D eigenvalue weighted by molar-refractivity contribution is -0.144. The molecule has 2 aromatic heterocycles. The molecule has 0 saturated heterocycles. The Morgan fingerprint density at radius 2 is 1.91 bits per heavy atom. The number of para-hydroxylation sites is 2. The second kappa shape index (κ2) is 4.86. The van der Waals surface area contributed by atoms with E-state index in [1.165, 1.54) is 24.0 Å². The molecule has 0 aliphatic carbocycles. The monoisotopic (exact) mass is 309 g/mol. The highest BCUT2D eigenvalue weighted by Crippen LogP contribution is 2.31. The number of benzene rings is 1. The fourth-order valence-corrected chi connectivity index (χ4v) is 2.05. The Kier molecular flexibility index (Phi) is 3.12. The molecule has 0 unspecified atom stereocenters. The number of halogens is 3. The molecule has 22 heavy (non-hydrogen) atoms. The van der Waals surface area contributed by atoms with Gasteiger partial charge in [0.1, 0.15) is 12.1 Å². The van der Waals surface area contributed by atoms with Gasteiger partial charge in [0.2, 0.25) is 5.82 Å². The van der Waals surface area contributed by atoms with Crippen LogP contribution in [0.5, 0.6) is 5.75 Å². The number of fused-ring (bicyclic) bond motifs is 1. The van der Waals surface area contributed by atoms with Crippen LogP contribution in [0.1, 0.15) is 5.82 Å². The molecule has 9 heteroatoms. The summed E-state index contributed by atoms with van der Waals surface area (Å²) in [5.41, 5.74) is 0.408. The predicted molar refractivity (Wildman–Crippen MR) is 72.9 cm³/mol. The summed E-state index contributed by atoms with van der Waals surface area (Å²) in [5, 5.41) is 12.4. The third-order valence-corrected chi connectivity index (χ3v) is 3.03. The van der Waals surface area contributed by atoms with Crippen LogP contribution in [0.15, 0.2) is 30.6 Å². The van der Waals surface area contributed by atoms with Crippen molar-refractivity contribution in [2.75, 3.05) is 12.4 Å². The number of imidazole rings is 1. The van der Waals surface area contributed by atoms with Gasteiger partial charge in [-0.1, -0.05) is 12.1 Å². The molecule has 0 atom stereocenters. The summed E-state index contributed by atoms with van der Waals surface area (Å²) < 4.78 is 40.0. The number of nitrogens with zero attached hydrogens (tertiary/aromatic N) is 4. The first-order valence-electron chi connectivity index (χ1n) is 6.20. The number of alkyl halides is 3. The minimum atomic E-state index is -4.69. The van der Waals surface area contributed by atoms with Crippen molar-refractivity contribution in [2.24, 2.45) is 0 Å². The summed E-state index contributed by atoms with van der Waals surface area (Å²) in [4.78, 5) is 11.0. The first-order valence-corrected chi connectivity index (χ1v) is 6.20. The Morgan fingerprint density at radius 3 is 2.55 bits per heavy atom. The molecule has 0 saturated carbocycles. The molecule has 0 fully saturated rings. The number of aromatic hydroxyl groups is 1. The van der Waals surface area contributed by atoms with Crippen LogP contribution in [-0.2, 0) is 6.18 Å². The Bertz CT molecular complexity index is 843. The van der Waals surface area contributed by atoms with E-state index < -0.39 is 12.0 Å². The summed E-state index contributed by atoms with van der Waals surface area (Å²) in [6.45, 7) is 0. The van der Waals surface area contributed by atoms with Crippen molar-refractivity contribution in [3.05, 3.63) is 36.4 Å². The van der Waals surface area contributed by atoms with E-state index in [4.69, 9.17) is 0 Å². The fourth-order valence-electron chi connectivity index (χ4n) is 2.05. The molecule has 0 bridgehead atoms. The SMILES string of the molecule is CNc1nc(C(F)(F)F)nc2c1ncn2-c1ccccc1O. The molecule has 0 aliphatic rings. The Labute approximate surface area is 122 Å². The predicted octanol–water partition coefficient (Wildman–Crippen LogP) is 2.58. The number of phenols is 1. The molecule has 114 valence electrons. The number of hydrogen-bond donors (Lipinski definition) is 2. The minimum absolute atomic E-state index is 0.0357. The van der Waals surface area contributed by atoms with Gasteiger partial charge in [-0.15, -0.1) is 0 Å². The summed E-state index contributed by atoms with van der Waals surface area (Å²) in [7, 11) is 1.45. The lowest BCUT2D eigenvalue weighted by Crippen LogP contribution is -2.13. The lowest BCUT2D eigenvalue weighted by Gasteiger charge is -2.10. The van der Waals surface area contributed by atoms with E-state index >= 15 is 0 Å². The van der Waals surface area contributed by atoms with E-state index in [1.807, 2.05) is 0 Å². The largest absolute Gasteiger partial charge is 0.506 e. The Hall–Kier alpha value is -2.84. The lowest BCUT2D eigenvalue weighted by atomic mass is 10.3. The van der Waals surface area contributed by atoms with Crippen LogP contribution in [0.2, 0.25) is 0 Å². The smallest absolute Gasteiger partial charge is 0.451 e. The van der Waals surface area contributed by atoms with Crippen LogP contribution < -0.4 is 5.32 Å². The van der Waals surface area contributed by atoms with Crippen LogP contribution >= 0.6 is 0 Å². The van der Waals surface area contributed by atoms with Gasteiger partial charge in [0.15, 0.2) is 17.0 Å². The molecule has 0 radical (unpaired) electrons. The normalized spacial score (nSPS) is 11.8. The summed E-state index contributed by atoms with van der Waals surface area (Å²) in [6, 6.07) is 6.22. The first kappa shape index (κ1) is 14.1. The molecule has 0 aliphatic heterocycles. The molecule has 3 aromatic rings. The second-order valence-corrected chi connectivity index (χ2v) is 4.42. The number of anilines is 1. The van der Waals surface area contributed by atoms with E-state index in [9.17, 15) is 18.3 Å². The average molecular weight is 309 g/mol.